The molecule has 0 aromatic rings. The average molecular weight is 102 g/mol. The Kier molecular flexibility index (Phi) is 1.30. The molecule has 0 N–H and O–H groups in total. The van der Waals surface area contributed by atoms with Gasteiger partial charge in [-0.3, -0.25) is 0 Å². The maximum atomic E-state index is 4.94. The molecule has 0 aliphatic heterocycles. The van der Waals surface area contributed by atoms with E-state index in [0.717, 1.165) is 6.42 Å². The van der Waals surface area contributed by atoms with Crippen LogP contribution in [0.5, 0.6) is 0 Å². The van der Waals surface area contributed by atoms with Gasteiger partial charge in [0.1, 0.15) is 0 Å². The second-order valence-electron chi connectivity index (χ2n) is 1.78. The first-order valence-corrected chi connectivity index (χ1v) is 2.44. The van der Waals surface area contributed by atoms with Crippen LogP contribution in [-0.4, -0.2) is 26.4 Å². The normalized spacial score (nSPS) is 38.6. The highest BCUT2D eigenvalue weighted by molar-refractivity contribution is 4.88. The summed E-state index contributed by atoms with van der Waals surface area (Å²) in [5, 5.41) is 0. The van der Waals surface area contributed by atoms with Gasteiger partial charge in [0.15, 0.2) is 0 Å². The fourth-order valence-electron chi connectivity index (χ4n) is 0.646. The summed E-state index contributed by atoms with van der Waals surface area (Å²) in [5.74, 6) is 0. The summed E-state index contributed by atoms with van der Waals surface area (Å²) in [4.78, 5) is 0. The highest BCUT2D eigenvalue weighted by Gasteiger charge is 2.37. The molecule has 1 aliphatic carbocycles. The van der Waals surface area contributed by atoms with Gasteiger partial charge >= 0.3 is 0 Å². The molecule has 1 rings (SSSR count). The number of ether oxygens (including phenoxy) is 2. The molecule has 0 amide bonds. The zero-order chi connectivity index (χ0) is 5.28. The van der Waals surface area contributed by atoms with E-state index in [1.54, 1.807) is 14.2 Å². The molecule has 1 saturated carbocycles. The fourth-order valence-corrected chi connectivity index (χ4v) is 0.646. The first-order valence-electron chi connectivity index (χ1n) is 2.44. The third-order valence-corrected chi connectivity index (χ3v) is 1.28. The van der Waals surface area contributed by atoms with Crippen molar-refractivity contribution in [2.45, 2.75) is 18.6 Å². The summed E-state index contributed by atoms with van der Waals surface area (Å²) in [6.45, 7) is 0. The molecule has 1 aliphatic rings. The molecule has 7 heavy (non-hydrogen) atoms. The molecule has 0 heterocycles. The van der Waals surface area contributed by atoms with Crippen LogP contribution >= 0.6 is 0 Å². The molecule has 42 valence electrons. The molecular weight excluding hydrogens is 92.1 g/mol. The molecule has 2 unspecified atom stereocenters. The van der Waals surface area contributed by atoms with E-state index in [4.69, 9.17) is 9.47 Å². The molecule has 2 nitrogen and oxygen atoms in total. The topological polar surface area (TPSA) is 18.5 Å². The van der Waals surface area contributed by atoms with Crippen LogP contribution in [0.25, 0.3) is 0 Å². The van der Waals surface area contributed by atoms with Crippen molar-refractivity contribution >= 4 is 0 Å². The van der Waals surface area contributed by atoms with Crippen molar-refractivity contribution < 1.29 is 9.47 Å². The van der Waals surface area contributed by atoms with Crippen LogP contribution in [0, 0.1) is 0 Å². The molecule has 0 bridgehead atoms. The third kappa shape index (κ3) is 0.924. The minimum absolute atomic E-state index is 0.394. The Morgan fingerprint density at radius 2 is 1.57 bits per heavy atom. The van der Waals surface area contributed by atoms with Crippen LogP contribution in [0.15, 0.2) is 0 Å². The van der Waals surface area contributed by atoms with Gasteiger partial charge in [-0.15, -0.1) is 0 Å². The monoisotopic (exact) mass is 102 g/mol. The first kappa shape index (κ1) is 5.06. The number of methoxy groups -OCH3 is 2. The van der Waals surface area contributed by atoms with E-state index in [1.165, 1.54) is 0 Å². The van der Waals surface area contributed by atoms with E-state index < -0.39 is 0 Å². The summed E-state index contributed by atoms with van der Waals surface area (Å²) >= 11 is 0. The van der Waals surface area contributed by atoms with Gasteiger partial charge < -0.3 is 9.47 Å². The highest BCUT2D eigenvalue weighted by Crippen LogP contribution is 2.26. The molecule has 0 radical (unpaired) electrons. The van der Waals surface area contributed by atoms with Gasteiger partial charge in [-0.2, -0.15) is 0 Å². The predicted molar refractivity (Wildman–Crippen MR) is 26.2 cm³/mol. The molecular formula is C5H10O2. The number of hydrogen-bond acceptors (Lipinski definition) is 2. The van der Waals surface area contributed by atoms with Crippen molar-refractivity contribution in [3.63, 3.8) is 0 Å². The highest BCUT2D eigenvalue weighted by atomic mass is 16.5. The van der Waals surface area contributed by atoms with Gasteiger partial charge in [-0.1, -0.05) is 0 Å². The standard InChI is InChI=1S/C5H10O2/c1-6-4-3-5(4)7-2/h4-5H,3H2,1-2H3. The Morgan fingerprint density at radius 3 is 1.71 bits per heavy atom. The molecule has 2 atom stereocenters. The second kappa shape index (κ2) is 1.80. The zero-order valence-electron chi connectivity index (χ0n) is 4.68. The Balaban J connectivity index is 2.06. The van der Waals surface area contributed by atoms with Crippen LogP contribution in [0.1, 0.15) is 6.42 Å². The van der Waals surface area contributed by atoms with Crippen LogP contribution in [0.2, 0.25) is 0 Å². The first-order chi connectivity index (χ1) is 3.38. The van der Waals surface area contributed by atoms with E-state index in [1.807, 2.05) is 0 Å². The van der Waals surface area contributed by atoms with E-state index in [0.29, 0.717) is 12.2 Å². The average Bonchev–Trinajstić information content (AvgIpc) is 2.43. The largest absolute Gasteiger partial charge is 0.379 e. The maximum Gasteiger partial charge on any atom is 0.0859 e. The molecule has 2 heteroatoms. The van der Waals surface area contributed by atoms with Gasteiger partial charge in [0.05, 0.1) is 12.2 Å². The van der Waals surface area contributed by atoms with E-state index in [9.17, 15) is 0 Å². The lowest BCUT2D eigenvalue weighted by Gasteiger charge is -1.90. The van der Waals surface area contributed by atoms with Gasteiger partial charge in [0, 0.05) is 20.6 Å². The SMILES string of the molecule is COC1CC1OC. The lowest BCUT2D eigenvalue weighted by Crippen LogP contribution is -1.96. The predicted octanol–water partition coefficient (Wildman–Crippen LogP) is 0.420. The van der Waals surface area contributed by atoms with Crippen LogP contribution < -0.4 is 0 Å². The van der Waals surface area contributed by atoms with Crippen molar-refractivity contribution in [1.82, 2.24) is 0 Å². The van der Waals surface area contributed by atoms with Crippen molar-refractivity contribution in [3.05, 3.63) is 0 Å². The third-order valence-electron chi connectivity index (χ3n) is 1.28. The summed E-state index contributed by atoms with van der Waals surface area (Å²) in [5.41, 5.74) is 0. The van der Waals surface area contributed by atoms with E-state index in [-0.39, 0.29) is 0 Å². The summed E-state index contributed by atoms with van der Waals surface area (Å²) in [6.07, 6.45) is 1.86. The van der Waals surface area contributed by atoms with E-state index >= 15 is 0 Å². The van der Waals surface area contributed by atoms with Crippen LogP contribution in [0.4, 0.5) is 0 Å². The molecule has 1 fully saturated rings. The minimum atomic E-state index is 0.394. The van der Waals surface area contributed by atoms with Crippen molar-refractivity contribution in [2.75, 3.05) is 14.2 Å². The Hall–Kier alpha value is -0.0800. The lowest BCUT2D eigenvalue weighted by molar-refractivity contribution is 0.0972. The van der Waals surface area contributed by atoms with Crippen molar-refractivity contribution in [1.29, 1.82) is 0 Å². The number of hydrogen-bond donors (Lipinski definition) is 0. The van der Waals surface area contributed by atoms with Gasteiger partial charge in [0.2, 0.25) is 0 Å². The molecule has 0 saturated heterocycles. The van der Waals surface area contributed by atoms with Gasteiger partial charge in [0.25, 0.3) is 0 Å². The van der Waals surface area contributed by atoms with Crippen LogP contribution in [-0.2, 0) is 9.47 Å². The summed E-state index contributed by atoms with van der Waals surface area (Å²) in [7, 11) is 3.42. The molecule has 0 aromatic heterocycles. The minimum Gasteiger partial charge on any atom is -0.379 e. The molecule has 0 aromatic carbocycles. The van der Waals surface area contributed by atoms with Crippen LogP contribution in [0.3, 0.4) is 0 Å². The number of rotatable bonds is 2. The zero-order valence-corrected chi connectivity index (χ0v) is 4.68. The summed E-state index contributed by atoms with van der Waals surface area (Å²) < 4.78 is 9.88. The quantitative estimate of drug-likeness (QED) is 0.503. The Morgan fingerprint density at radius 1 is 1.14 bits per heavy atom. The lowest BCUT2D eigenvalue weighted by atomic mass is 10.8. The Labute approximate surface area is 43.4 Å². The smallest absolute Gasteiger partial charge is 0.0859 e. The second-order valence-corrected chi connectivity index (χ2v) is 1.78. The fraction of sp³-hybridized carbons (Fsp3) is 1.00. The Bertz CT molecular complexity index is 55.1. The van der Waals surface area contributed by atoms with Crippen molar-refractivity contribution in [2.24, 2.45) is 0 Å². The molecule has 0 spiro atoms. The maximum absolute atomic E-state index is 4.94. The van der Waals surface area contributed by atoms with Gasteiger partial charge in [-0.05, 0) is 0 Å². The van der Waals surface area contributed by atoms with Crippen molar-refractivity contribution in [3.8, 4) is 0 Å². The van der Waals surface area contributed by atoms with E-state index in [2.05, 4.69) is 0 Å². The summed E-state index contributed by atoms with van der Waals surface area (Å²) in [6, 6.07) is 0. The van der Waals surface area contributed by atoms with Gasteiger partial charge in [-0.25, -0.2) is 0 Å².